The minimum Gasteiger partial charge on any atom is -0.378 e. The van der Waals surface area contributed by atoms with Gasteiger partial charge in [0.2, 0.25) is 0 Å². The number of halogens is 3. The van der Waals surface area contributed by atoms with E-state index in [1.807, 2.05) is 19.1 Å². The van der Waals surface area contributed by atoms with Crippen molar-refractivity contribution in [1.82, 2.24) is 10.6 Å². The fourth-order valence-corrected chi connectivity index (χ4v) is 3.12. The van der Waals surface area contributed by atoms with Crippen molar-refractivity contribution in [3.8, 4) is 0 Å². The molecule has 8 heteroatoms. The van der Waals surface area contributed by atoms with E-state index >= 15 is 0 Å². The van der Waals surface area contributed by atoms with Crippen LogP contribution in [0, 0.1) is 0 Å². The number of nitrogens with zero attached hydrogens (tertiary/aromatic N) is 1. The predicted octanol–water partition coefficient (Wildman–Crippen LogP) is 4.17. The molecule has 0 bridgehead atoms. The number of rotatable bonds is 11. The lowest BCUT2D eigenvalue weighted by Crippen LogP contribution is -2.38. The fraction of sp³-hybridized carbons (Fsp3) is 0.667. The summed E-state index contributed by atoms with van der Waals surface area (Å²) < 4.78 is 46.8. The Kier molecular flexibility index (Phi) is 10.3. The van der Waals surface area contributed by atoms with Crippen LogP contribution in [0.25, 0.3) is 0 Å². The summed E-state index contributed by atoms with van der Waals surface area (Å²) in [5.74, 6) is 0.742. The highest BCUT2D eigenvalue weighted by molar-refractivity contribution is 5.79. The summed E-state index contributed by atoms with van der Waals surface area (Å²) in [5.41, 5.74) is 1.68. The summed E-state index contributed by atoms with van der Waals surface area (Å²) in [6.07, 6.45) is 2.00. The van der Waals surface area contributed by atoms with Gasteiger partial charge in [-0.05, 0) is 37.3 Å². The minimum atomic E-state index is -4.30. The Morgan fingerprint density at radius 1 is 1.10 bits per heavy atom. The second-order valence-corrected chi connectivity index (χ2v) is 7.18. The first-order valence-corrected chi connectivity index (χ1v) is 10.3. The second-order valence-electron chi connectivity index (χ2n) is 7.18. The molecule has 0 atom stereocenters. The lowest BCUT2D eigenvalue weighted by atomic mass is 10.1. The first kappa shape index (κ1) is 23.5. The van der Waals surface area contributed by atoms with E-state index in [-0.39, 0.29) is 6.61 Å². The molecule has 1 saturated carbocycles. The van der Waals surface area contributed by atoms with Gasteiger partial charge in [0, 0.05) is 19.7 Å². The van der Waals surface area contributed by atoms with E-state index in [2.05, 4.69) is 20.4 Å². The highest BCUT2D eigenvalue weighted by atomic mass is 19.4. The van der Waals surface area contributed by atoms with Gasteiger partial charge in [-0.15, -0.1) is 0 Å². The zero-order valence-electron chi connectivity index (χ0n) is 17.1. The predicted molar refractivity (Wildman–Crippen MR) is 108 cm³/mol. The summed E-state index contributed by atoms with van der Waals surface area (Å²) in [6, 6.07) is 7.24. The first-order chi connectivity index (χ1) is 14.0. The van der Waals surface area contributed by atoms with Gasteiger partial charge in [-0.2, -0.15) is 13.2 Å². The molecule has 0 saturated heterocycles. The van der Waals surface area contributed by atoms with Crippen molar-refractivity contribution in [2.24, 2.45) is 4.99 Å². The third-order valence-electron chi connectivity index (χ3n) is 4.59. The van der Waals surface area contributed by atoms with Crippen molar-refractivity contribution in [2.75, 3.05) is 26.3 Å². The topological polar surface area (TPSA) is 54.9 Å². The van der Waals surface area contributed by atoms with E-state index in [0.717, 1.165) is 37.6 Å². The van der Waals surface area contributed by atoms with Crippen LogP contribution < -0.4 is 10.6 Å². The third kappa shape index (κ3) is 10.5. The summed E-state index contributed by atoms with van der Waals surface area (Å²) in [6.45, 7) is 3.51. The van der Waals surface area contributed by atoms with Gasteiger partial charge >= 0.3 is 6.18 Å². The molecule has 0 spiro atoms. The monoisotopic (exact) mass is 415 g/mol. The van der Waals surface area contributed by atoms with Crippen LogP contribution in [0.2, 0.25) is 0 Å². The highest BCUT2D eigenvalue weighted by Gasteiger charge is 2.27. The highest BCUT2D eigenvalue weighted by Crippen LogP contribution is 2.20. The van der Waals surface area contributed by atoms with Gasteiger partial charge in [-0.25, -0.2) is 4.99 Å². The molecule has 164 valence electrons. The summed E-state index contributed by atoms with van der Waals surface area (Å²) in [7, 11) is 0. The quantitative estimate of drug-likeness (QED) is 0.324. The van der Waals surface area contributed by atoms with Gasteiger partial charge in [0.15, 0.2) is 5.96 Å². The Bertz CT molecular complexity index is 600. The smallest absolute Gasteiger partial charge is 0.378 e. The molecule has 0 aliphatic heterocycles. The van der Waals surface area contributed by atoms with Crippen LogP contribution in [0.1, 0.15) is 50.2 Å². The number of hydrogen-bond donors (Lipinski definition) is 2. The average molecular weight is 416 g/mol. The van der Waals surface area contributed by atoms with Crippen molar-refractivity contribution in [1.29, 1.82) is 0 Å². The molecule has 1 aromatic rings. The molecule has 0 unspecified atom stereocenters. The molecule has 1 aliphatic carbocycles. The zero-order chi connectivity index (χ0) is 21.0. The van der Waals surface area contributed by atoms with Crippen LogP contribution in [0.15, 0.2) is 29.3 Å². The van der Waals surface area contributed by atoms with Gasteiger partial charge in [0.25, 0.3) is 0 Å². The normalized spacial score (nSPS) is 15.7. The van der Waals surface area contributed by atoms with Crippen LogP contribution in [0.5, 0.6) is 0 Å². The van der Waals surface area contributed by atoms with Gasteiger partial charge < -0.3 is 20.1 Å². The van der Waals surface area contributed by atoms with Crippen LogP contribution in [0.4, 0.5) is 13.2 Å². The molecule has 1 aromatic carbocycles. The lowest BCUT2D eigenvalue weighted by Gasteiger charge is -2.13. The number of benzene rings is 1. The third-order valence-corrected chi connectivity index (χ3v) is 4.59. The number of nitrogens with one attached hydrogen (secondary N) is 2. The summed E-state index contributed by atoms with van der Waals surface area (Å²) >= 11 is 0. The number of alkyl halides is 3. The lowest BCUT2D eigenvalue weighted by molar-refractivity contribution is -0.176. The molecule has 0 aromatic heterocycles. The Morgan fingerprint density at radius 3 is 2.45 bits per heavy atom. The molecule has 0 heterocycles. The Hall–Kier alpha value is -1.80. The zero-order valence-corrected chi connectivity index (χ0v) is 17.1. The largest absolute Gasteiger partial charge is 0.411 e. The van der Waals surface area contributed by atoms with E-state index in [0.29, 0.717) is 18.2 Å². The second kappa shape index (κ2) is 12.7. The van der Waals surface area contributed by atoms with Crippen LogP contribution in [-0.4, -0.2) is 44.5 Å². The molecule has 5 nitrogen and oxygen atoms in total. The van der Waals surface area contributed by atoms with Gasteiger partial charge in [0.1, 0.15) is 6.61 Å². The van der Waals surface area contributed by atoms with E-state index in [1.54, 1.807) is 12.1 Å². The Balaban J connectivity index is 1.69. The standard InChI is InChI=1S/C21H32F3N3O2/c1-2-25-20(26-12-5-13-29-19-6-3-4-7-19)27-14-17-8-10-18(11-9-17)15-28-16-21(22,23)24/h8-11,19H,2-7,12-16H2,1H3,(H2,25,26,27). The SMILES string of the molecule is CCNC(=NCc1ccc(COCC(F)(F)F)cc1)NCCCOC1CCCC1. The Labute approximate surface area is 171 Å². The van der Waals surface area contributed by atoms with Gasteiger partial charge in [0.05, 0.1) is 19.3 Å². The molecular formula is C21H32F3N3O2. The van der Waals surface area contributed by atoms with Gasteiger partial charge in [-0.3, -0.25) is 0 Å². The molecule has 1 aliphatic rings. The number of ether oxygens (including phenoxy) is 2. The molecular weight excluding hydrogens is 383 g/mol. The Morgan fingerprint density at radius 2 is 1.79 bits per heavy atom. The van der Waals surface area contributed by atoms with E-state index < -0.39 is 12.8 Å². The van der Waals surface area contributed by atoms with Crippen molar-refractivity contribution in [2.45, 2.75) is 64.5 Å². The average Bonchev–Trinajstić information content (AvgIpc) is 3.19. The molecule has 0 radical (unpaired) electrons. The van der Waals surface area contributed by atoms with Crippen molar-refractivity contribution >= 4 is 5.96 Å². The minimum absolute atomic E-state index is 0.0593. The van der Waals surface area contributed by atoms with Crippen molar-refractivity contribution < 1.29 is 22.6 Å². The number of aliphatic imine (C=N–C) groups is 1. The van der Waals surface area contributed by atoms with Crippen molar-refractivity contribution in [3.63, 3.8) is 0 Å². The first-order valence-electron chi connectivity index (χ1n) is 10.3. The molecule has 1 fully saturated rings. The maximum Gasteiger partial charge on any atom is 0.411 e. The maximum absolute atomic E-state index is 12.1. The summed E-state index contributed by atoms with van der Waals surface area (Å²) in [4.78, 5) is 4.56. The van der Waals surface area contributed by atoms with Crippen LogP contribution in [-0.2, 0) is 22.6 Å². The van der Waals surface area contributed by atoms with E-state index in [1.165, 1.54) is 25.7 Å². The van der Waals surface area contributed by atoms with Crippen LogP contribution in [0.3, 0.4) is 0 Å². The molecule has 0 amide bonds. The molecule has 2 rings (SSSR count). The van der Waals surface area contributed by atoms with E-state index in [4.69, 9.17) is 4.74 Å². The van der Waals surface area contributed by atoms with Crippen molar-refractivity contribution in [3.05, 3.63) is 35.4 Å². The number of guanidine groups is 1. The molecule has 29 heavy (non-hydrogen) atoms. The fourth-order valence-electron chi connectivity index (χ4n) is 3.12. The van der Waals surface area contributed by atoms with Crippen LogP contribution >= 0.6 is 0 Å². The maximum atomic E-state index is 12.1. The molecule has 2 N–H and O–H groups in total. The number of hydrogen-bond acceptors (Lipinski definition) is 3. The van der Waals surface area contributed by atoms with E-state index in [9.17, 15) is 13.2 Å². The summed E-state index contributed by atoms with van der Waals surface area (Å²) in [5, 5.41) is 6.51. The van der Waals surface area contributed by atoms with Gasteiger partial charge in [-0.1, -0.05) is 37.1 Å².